The zero-order valence-corrected chi connectivity index (χ0v) is 10.3. The van der Waals surface area contributed by atoms with Crippen molar-refractivity contribution in [3.8, 4) is 0 Å². The molecule has 4 N–H and O–H groups in total. The van der Waals surface area contributed by atoms with Crippen LogP contribution in [0.25, 0.3) is 11.0 Å². The van der Waals surface area contributed by atoms with Gasteiger partial charge in [-0.05, 0) is 12.1 Å². The maximum Gasteiger partial charge on any atom is 0.312 e. The van der Waals surface area contributed by atoms with Crippen molar-refractivity contribution in [2.24, 2.45) is 12.8 Å². The molecule has 2 amide bonds. The lowest BCUT2D eigenvalue weighted by Gasteiger charge is -2.05. The van der Waals surface area contributed by atoms with Gasteiger partial charge in [0.05, 0.1) is 17.6 Å². The Morgan fingerprint density at radius 2 is 2.17 bits per heavy atom. The van der Waals surface area contributed by atoms with Gasteiger partial charge in [-0.15, -0.1) is 0 Å². The molecule has 0 aliphatic carbocycles. The van der Waals surface area contributed by atoms with Gasteiger partial charge in [-0.3, -0.25) is 0 Å². The lowest BCUT2D eigenvalue weighted by molar-refractivity contribution is 0.249. The normalized spacial score (nSPS) is 10.7. The van der Waals surface area contributed by atoms with Crippen LogP contribution < -0.4 is 16.4 Å². The van der Waals surface area contributed by atoms with Gasteiger partial charge < -0.3 is 20.9 Å². The summed E-state index contributed by atoms with van der Waals surface area (Å²) >= 11 is 0. The highest BCUT2D eigenvalue weighted by atomic mass is 16.2. The average Bonchev–Trinajstić information content (AvgIpc) is 2.66. The van der Waals surface area contributed by atoms with Crippen LogP contribution in [0.4, 0.5) is 4.79 Å². The first-order valence-corrected chi connectivity index (χ1v) is 5.83. The second-order valence-electron chi connectivity index (χ2n) is 4.04. The Morgan fingerprint density at radius 1 is 1.39 bits per heavy atom. The molecule has 0 aliphatic rings. The van der Waals surface area contributed by atoms with E-state index in [9.17, 15) is 4.79 Å². The molecule has 1 heterocycles. The third-order valence-electron chi connectivity index (χ3n) is 2.76. The van der Waals surface area contributed by atoms with Crippen LogP contribution in [0.1, 0.15) is 5.82 Å². The van der Waals surface area contributed by atoms with E-state index < -0.39 is 6.03 Å². The summed E-state index contributed by atoms with van der Waals surface area (Å²) in [5, 5.41) is 5.73. The van der Waals surface area contributed by atoms with Gasteiger partial charge in [0.15, 0.2) is 0 Å². The number of aromatic nitrogens is 2. The number of aryl methyl sites for hydroxylation is 1. The minimum Gasteiger partial charge on any atom is -0.352 e. The molecule has 0 unspecified atom stereocenters. The number of nitrogens with one attached hydrogen (secondary N) is 2. The van der Waals surface area contributed by atoms with E-state index in [2.05, 4.69) is 20.2 Å². The van der Waals surface area contributed by atoms with Crippen molar-refractivity contribution in [2.75, 3.05) is 13.1 Å². The van der Waals surface area contributed by atoms with Crippen LogP contribution in [0, 0.1) is 0 Å². The third-order valence-corrected chi connectivity index (χ3v) is 2.76. The standard InChI is InChI=1S/C12H17N5O/c1-17-10-5-3-2-4-9(10)16-11(17)8-14-6-7-15-12(13)18/h2-5,14H,6-8H2,1H3,(H3,13,15,18). The smallest absolute Gasteiger partial charge is 0.312 e. The van der Waals surface area contributed by atoms with Gasteiger partial charge in [0.25, 0.3) is 0 Å². The average molecular weight is 247 g/mol. The molecule has 0 spiro atoms. The molecule has 2 aromatic rings. The van der Waals surface area contributed by atoms with Gasteiger partial charge in [-0.25, -0.2) is 9.78 Å². The van der Waals surface area contributed by atoms with Crippen molar-refractivity contribution in [1.29, 1.82) is 0 Å². The highest BCUT2D eigenvalue weighted by Gasteiger charge is 2.05. The highest BCUT2D eigenvalue weighted by molar-refractivity contribution is 5.75. The number of benzene rings is 1. The number of nitrogens with zero attached hydrogens (tertiary/aromatic N) is 2. The zero-order chi connectivity index (χ0) is 13.0. The molecule has 1 aromatic heterocycles. The van der Waals surface area contributed by atoms with Crippen molar-refractivity contribution < 1.29 is 4.79 Å². The quantitative estimate of drug-likeness (QED) is 0.666. The number of primary amides is 1. The minimum atomic E-state index is -0.500. The number of hydrogen-bond donors (Lipinski definition) is 3. The van der Waals surface area contributed by atoms with Crippen LogP contribution in [-0.4, -0.2) is 28.7 Å². The van der Waals surface area contributed by atoms with Crippen LogP contribution in [0.2, 0.25) is 0 Å². The first-order chi connectivity index (χ1) is 8.68. The zero-order valence-electron chi connectivity index (χ0n) is 10.3. The number of carbonyl (C=O) groups is 1. The predicted molar refractivity (Wildman–Crippen MR) is 70.0 cm³/mol. The molecule has 18 heavy (non-hydrogen) atoms. The van der Waals surface area contributed by atoms with Gasteiger partial charge >= 0.3 is 6.03 Å². The lowest BCUT2D eigenvalue weighted by atomic mass is 10.3. The Bertz CT molecular complexity index is 548. The molecule has 6 heteroatoms. The Labute approximate surface area is 105 Å². The van der Waals surface area contributed by atoms with Crippen molar-refractivity contribution in [1.82, 2.24) is 20.2 Å². The second-order valence-corrected chi connectivity index (χ2v) is 4.04. The van der Waals surface area contributed by atoms with Crippen LogP contribution >= 0.6 is 0 Å². The topological polar surface area (TPSA) is 85.0 Å². The highest BCUT2D eigenvalue weighted by Crippen LogP contribution is 2.13. The predicted octanol–water partition coefficient (Wildman–Crippen LogP) is 0.331. The SMILES string of the molecule is Cn1c(CNCCNC(N)=O)nc2ccccc21. The van der Waals surface area contributed by atoms with E-state index in [1.165, 1.54) is 0 Å². The molecule has 0 saturated carbocycles. The summed E-state index contributed by atoms with van der Waals surface area (Å²) in [6, 6.07) is 7.51. The Morgan fingerprint density at radius 3 is 2.89 bits per heavy atom. The first kappa shape index (κ1) is 12.4. The number of amides is 2. The van der Waals surface area contributed by atoms with E-state index in [4.69, 9.17) is 5.73 Å². The summed E-state index contributed by atoms with van der Waals surface area (Å²) < 4.78 is 2.06. The molecule has 0 radical (unpaired) electrons. The fourth-order valence-corrected chi connectivity index (χ4v) is 1.83. The molecule has 6 nitrogen and oxygen atoms in total. The summed E-state index contributed by atoms with van der Waals surface area (Å²) in [5.74, 6) is 0.968. The van der Waals surface area contributed by atoms with Crippen LogP contribution in [-0.2, 0) is 13.6 Å². The van der Waals surface area contributed by atoms with Gasteiger partial charge in [-0.2, -0.15) is 0 Å². The number of imidazole rings is 1. The Balaban J connectivity index is 1.91. The summed E-state index contributed by atoms with van der Waals surface area (Å²) in [5.41, 5.74) is 7.07. The van der Waals surface area contributed by atoms with Gasteiger partial charge in [0, 0.05) is 20.1 Å². The lowest BCUT2D eigenvalue weighted by Crippen LogP contribution is -2.35. The van der Waals surface area contributed by atoms with E-state index in [1.54, 1.807) is 0 Å². The van der Waals surface area contributed by atoms with E-state index in [-0.39, 0.29) is 0 Å². The van der Waals surface area contributed by atoms with E-state index in [1.807, 2.05) is 31.3 Å². The summed E-state index contributed by atoms with van der Waals surface area (Å²) in [4.78, 5) is 15.0. The fraction of sp³-hybridized carbons (Fsp3) is 0.333. The number of fused-ring (bicyclic) bond motifs is 1. The Kier molecular flexibility index (Phi) is 3.78. The van der Waals surface area contributed by atoms with E-state index in [0.29, 0.717) is 19.6 Å². The van der Waals surface area contributed by atoms with Crippen LogP contribution in [0.5, 0.6) is 0 Å². The van der Waals surface area contributed by atoms with Gasteiger partial charge in [-0.1, -0.05) is 12.1 Å². The maximum absolute atomic E-state index is 10.5. The number of carbonyl (C=O) groups excluding carboxylic acids is 1. The van der Waals surface area contributed by atoms with Gasteiger partial charge in [0.2, 0.25) is 0 Å². The summed E-state index contributed by atoms with van der Waals surface area (Å²) in [6.07, 6.45) is 0. The van der Waals surface area contributed by atoms with Crippen molar-refractivity contribution in [3.05, 3.63) is 30.1 Å². The minimum absolute atomic E-state index is 0.500. The van der Waals surface area contributed by atoms with Gasteiger partial charge in [0.1, 0.15) is 5.82 Å². The number of urea groups is 1. The number of rotatable bonds is 5. The molecule has 2 rings (SSSR count). The molecule has 0 fully saturated rings. The largest absolute Gasteiger partial charge is 0.352 e. The number of para-hydroxylation sites is 2. The van der Waals surface area contributed by atoms with E-state index >= 15 is 0 Å². The monoisotopic (exact) mass is 247 g/mol. The molecule has 0 bridgehead atoms. The third kappa shape index (κ3) is 2.78. The molecule has 0 atom stereocenters. The maximum atomic E-state index is 10.5. The molecular weight excluding hydrogens is 230 g/mol. The summed E-state index contributed by atoms with van der Waals surface area (Å²) in [7, 11) is 1.99. The first-order valence-electron chi connectivity index (χ1n) is 5.83. The molecule has 0 saturated heterocycles. The number of nitrogens with two attached hydrogens (primary N) is 1. The molecule has 1 aromatic carbocycles. The summed E-state index contributed by atoms with van der Waals surface area (Å²) in [6.45, 7) is 1.83. The molecular formula is C12H17N5O. The fourth-order valence-electron chi connectivity index (χ4n) is 1.83. The second kappa shape index (κ2) is 5.50. The van der Waals surface area contributed by atoms with Crippen LogP contribution in [0.3, 0.4) is 0 Å². The van der Waals surface area contributed by atoms with Crippen LogP contribution in [0.15, 0.2) is 24.3 Å². The van der Waals surface area contributed by atoms with E-state index in [0.717, 1.165) is 16.9 Å². The Hall–Kier alpha value is -2.08. The molecule has 0 aliphatic heterocycles. The van der Waals surface area contributed by atoms with Crippen molar-refractivity contribution in [3.63, 3.8) is 0 Å². The number of hydrogen-bond acceptors (Lipinski definition) is 3. The molecule has 96 valence electrons. The van der Waals surface area contributed by atoms with Crippen molar-refractivity contribution >= 4 is 17.1 Å². The van der Waals surface area contributed by atoms with Crippen molar-refractivity contribution in [2.45, 2.75) is 6.54 Å².